The molecule has 0 aliphatic carbocycles. The van der Waals surface area contributed by atoms with E-state index in [4.69, 9.17) is 5.11 Å². The molecule has 0 saturated carbocycles. The summed E-state index contributed by atoms with van der Waals surface area (Å²) in [7, 11) is 0. The van der Waals surface area contributed by atoms with Gasteiger partial charge in [0.15, 0.2) is 5.60 Å². The number of hydrogen-bond donors (Lipinski definition) is 4. The lowest BCUT2D eigenvalue weighted by Gasteiger charge is -2.20. The van der Waals surface area contributed by atoms with E-state index in [9.17, 15) is 14.7 Å². The van der Waals surface area contributed by atoms with Gasteiger partial charge in [0.25, 0.3) is 0 Å². The Morgan fingerprint density at radius 3 is 2.09 bits per heavy atom. The molecule has 2 amide bonds. The highest BCUT2D eigenvalue weighted by molar-refractivity contribution is 5.91. The molecule has 0 radical (unpaired) electrons. The van der Waals surface area contributed by atoms with Crippen LogP contribution >= 0.6 is 0 Å². The number of aliphatic carboxylic acids is 1. The predicted molar refractivity (Wildman–Crippen MR) is 85.2 cm³/mol. The van der Waals surface area contributed by atoms with Crippen LogP contribution < -0.4 is 10.6 Å². The van der Waals surface area contributed by atoms with E-state index in [1.807, 2.05) is 32.9 Å². The van der Waals surface area contributed by atoms with Crippen LogP contribution in [0.5, 0.6) is 0 Å². The van der Waals surface area contributed by atoms with Crippen LogP contribution in [-0.4, -0.2) is 34.4 Å². The number of carboxylic acids is 1. The molecule has 1 aromatic carbocycles. The number of urea groups is 1. The Morgan fingerprint density at radius 1 is 1.18 bits per heavy atom. The second-order valence-electron chi connectivity index (χ2n) is 5.55. The molecule has 1 rings (SSSR count). The van der Waals surface area contributed by atoms with Crippen molar-refractivity contribution in [3.05, 3.63) is 28.8 Å². The van der Waals surface area contributed by atoms with Crippen molar-refractivity contribution in [2.75, 3.05) is 11.9 Å². The first-order valence-electron chi connectivity index (χ1n) is 7.34. The van der Waals surface area contributed by atoms with Crippen molar-refractivity contribution in [3.63, 3.8) is 0 Å². The van der Waals surface area contributed by atoms with Crippen LogP contribution in [-0.2, 0) is 17.6 Å². The normalized spacial score (nSPS) is 13.3. The number of aryl methyl sites for hydroxylation is 3. The molecule has 0 bridgehead atoms. The van der Waals surface area contributed by atoms with Crippen molar-refractivity contribution in [2.24, 2.45) is 0 Å². The van der Waals surface area contributed by atoms with Gasteiger partial charge in [0.05, 0.1) is 6.54 Å². The SMILES string of the molecule is CCc1cc(C)cc(CC)c1NC(=O)NCC(C)(O)C(=O)O. The van der Waals surface area contributed by atoms with E-state index >= 15 is 0 Å². The van der Waals surface area contributed by atoms with Crippen molar-refractivity contribution < 1.29 is 19.8 Å². The van der Waals surface area contributed by atoms with Gasteiger partial charge < -0.3 is 20.8 Å². The summed E-state index contributed by atoms with van der Waals surface area (Å²) in [5, 5.41) is 23.6. The van der Waals surface area contributed by atoms with Gasteiger partial charge in [-0.15, -0.1) is 0 Å². The maximum Gasteiger partial charge on any atom is 0.337 e. The smallest absolute Gasteiger partial charge is 0.337 e. The molecular formula is C16H24N2O4. The third-order valence-electron chi connectivity index (χ3n) is 3.50. The standard InChI is InChI=1S/C16H24N2O4/c1-5-11-7-10(3)8-12(6-2)13(11)18-15(21)17-9-16(4,22)14(19)20/h7-8,22H,5-6,9H2,1-4H3,(H,19,20)(H2,17,18,21). The number of carbonyl (C=O) groups excluding carboxylic acids is 1. The number of aliphatic hydroxyl groups is 1. The highest BCUT2D eigenvalue weighted by Crippen LogP contribution is 2.24. The Kier molecular flexibility index (Phi) is 5.93. The number of benzene rings is 1. The monoisotopic (exact) mass is 308 g/mol. The molecule has 6 nitrogen and oxygen atoms in total. The zero-order chi connectivity index (χ0) is 16.9. The molecule has 1 unspecified atom stereocenters. The zero-order valence-corrected chi connectivity index (χ0v) is 13.5. The van der Waals surface area contributed by atoms with E-state index in [1.54, 1.807) is 0 Å². The third-order valence-corrected chi connectivity index (χ3v) is 3.50. The molecule has 122 valence electrons. The van der Waals surface area contributed by atoms with Crippen LogP contribution in [0.1, 0.15) is 37.5 Å². The van der Waals surface area contributed by atoms with E-state index in [2.05, 4.69) is 10.6 Å². The lowest BCUT2D eigenvalue weighted by molar-refractivity contribution is -0.155. The number of carbonyl (C=O) groups is 2. The van der Waals surface area contributed by atoms with Crippen LogP contribution in [0, 0.1) is 6.92 Å². The van der Waals surface area contributed by atoms with Gasteiger partial charge in [0.2, 0.25) is 0 Å². The third kappa shape index (κ3) is 4.46. The van der Waals surface area contributed by atoms with Crippen molar-refractivity contribution >= 4 is 17.7 Å². The average molecular weight is 308 g/mol. The predicted octanol–water partition coefficient (Wildman–Crippen LogP) is 2.08. The molecule has 0 heterocycles. The van der Waals surface area contributed by atoms with E-state index < -0.39 is 17.6 Å². The van der Waals surface area contributed by atoms with Gasteiger partial charge >= 0.3 is 12.0 Å². The summed E-state index contributed by atoms with van der Waals surface area (Å²) in [6, 6.07) is 3.50. The fourth-order valence-corrected chi connectivity index (χ4v) is 2.15. The fraction of sp³-hybridized carbons (Fsp3) is 0.500. The summed E-state index contributed by atoms with van der Waals surface area (Å²) in [4.78, 5) is 22.8. The van der Waals surface area contributed by atoms with Crippen molar-refractivity contribution in [1.29, 1.82) is 0 Å². The van der Waals surface area contributed by atoms with E-state index in [0.717, 1.165) is 42.1 Å². The van der Waals surface area contributed by atoms with Gasteiger partial charge in [-0.25, -0.2) is 9.59 Å². The first-order chi connectivity index (χ1) is 10.2. The Hall–Kier alpha value is -2.08. The molecule has 4 N–H and O–H groups in total. The minimum absolute atomic E-state index is 0.372. The van der Waals surface area contributed by atoms with Gasteiger partial charge in [-0.2, -0.15) is 0 Å². The fourth-order valence-electron chi connectivity index (χ4n) is 2.15. The van der Waals surface area contributed by atoms with E-state index in [-0.39, 0.29) is 6.54 Å². The summed E-state index contributed by atoms with van der Waals surface area (Å²) >= 11 is 0. The molecule has 0 aliphatic rings. The minimum Gasteiger partial charge on any atom is -0.479 e. The topological polar surface area (TPSA) is 98.7 Å². The summed E-state index contributed by atoms with van der Waals surface area (Å²) < 4.78 is 0. The number of anilines is 1. The molecule has 0 fully saturated rings. The maximum atomic E-state index is 12.0. The second-order valence-corrected chi connectivity index (χ2v) is 5.55. The molecule has 1 aromatic rings. The van der Waals surface area contributed by atoms with Crippen LogP contribution in [0.15, 0.2) is 12.1 Å². The highest BCUT2D eigenvalue weighted by Gasteiger charge is 2.30. The number of amides is 2. The minimum atomic E-state index is -1.99. The Morgan fingerprint density at radius 2 is 1.68 bits per heavy atom. The van der Waals surface area contributed by atoms with Crippen molar-refractivity contribution in [3.8, 4) is 0 Å². The summed E-state index contributed by atoms with van der Waals surface area (Å²) in [6.45, 7) is 6.78. The molecular weight excluding hydrogens is 284 g/mol. The maximum absolute atomic E-state index is 12.0. The van der Waals surface area contributed by atoms with Gasteiger partial charge in [-0.3, -0.25) is 0 Å². The summed E-state index contributed by atoms with van der Waals surface area (Å²) in [5.41, 5.74) is 1.94. The molecule has 0 aliphatic heterocycles. The van der Waals surface area contributed by atoms with Crippen molar-refractivity contribution in [2.45, 2.75) is 46.1 Å². The Bertz CT molecular complexity index is 542. The molecule has 0 aromatic heterocycles. The first-order valence-corrected chi connectivity index (χ1v) is 7.34. The lowest BCUT2D eigenvalue weighted by Crippen LogP contribution is -2.47. The van der Waals surface area contributed by atoms with Crippen LogP contribution in [0.4, 0.5) is 10.5 Å². The summed E-state index contributed by atoms with van der Waals surface area (Å²) in [5.74, 6) is -1.38. The van der Waals surface area contributed by atoms with Crippen LogP contribution in [0.3, 0.4) is 0 Å². The van der Waals surface area contributed by atoms with Crippen molar-refractivity contribution in [1.82, 2.24) is 5.32 Å². The van der Waals surface area contributed by atoms with Gasteiger partial charge in [0, 0.05) is 5.69 Å². The molecule has 0 saturated heterocycles. The molecule has 1 atom stereocenters. The number of nitrogens with one attached hydrogen (secondary N) is 2. The second kappa shape index (κ2) is 7.26. The molecule has 6 heteroatoms. The first kappa shape index (κ1) is 18.0. The molecule has 0 spiro atoms. The van der Waals surface area contributed by atoms with E-state index in [0.29, 0.717) is 0 Å². The zero-order valence-electron chi connectivity index (χ0n) is 13.5. The Labute approximate surface area is 130 Å². The number of hydrogen-bond acceptors (Lipinski definition) is 3. The number of carboxylic acid groups (broad SMARTS) is 1. The summed E-state index contributed by atoms with van der Waals surface area (Å²) in [6.07, 6.45) is 1.55. The van der Waals surface area contributed by atoms with Gasteiger partial charge in [-0.1, -0.05) is 31.5 Å². The van der Waals surface area contributed by atoms with Crippen LogP contribution in [0.25, 0.3) is 0 Å². The number of rotatable bonds is 6. The van der Waals surface area contributed by atoms with E-state index in [1.165, 1.54) is 0 Å². The van der Waals surface area contributed by atoms with Crippen LogP contribution in [0.2, 0.25) is 0 Å². The largest absolute Gasteiger partial charge is 0.479 e. The Balaban J connectivity index is 2.86. The lowest BCUT2D eigenvalue weighted by atomic mass is 10.00. The highest BCUT2D eigenvalue weighted by atomic mass is 16.4. The quantitative estimate of drug-likeness (QED) is 0.646. The van der Waals surface area contributed by atoms with Gasteiger partial charge in [0.1, 0.15) is 0 Å². The van der Waals surface area contributed by atoms with Gasteiger partial charge in [-0.05, 0) is 37.8 Å². The average Bonchev–Trinajstić information content (AvgIpc) is 2.46. The molecule has 22 heavy (non-hydrogen) atoms.